The van der Waals surface area contributed by atoms with E-state index in [1.165, 1.54) is 12.8 Å². The number of thioether (sulfide) groups is 1. The molecule has 1 N–H and O–H groups in total. The quantitative estimate of drug-likeness (QED) is 0.896. The van der Waals surface area contributed by atoms with Gasteiger partial charge in [-0.3, -0.25) is 4.79 Å². The zero-order chi connectivity index (χ0) is 13.1. The molecule has 19 heavy (non-hydrogen) atoms. The minimum absolute atomic E-state index is 0.0688. The Bertz CT molecular complexity index is 457. The van der Waals surface area contributed by atoms with Crippen LogP contribution in [-0.2, 0) is 0 Å². The molecule has 102 valence electrons. The summed E-state index contributed by atoms with van der Waals surface area (Å²) in [5, 5.41) is 2.96. The average Bonchev–Trinajstić information content (AvgIpc) is 3.13. The fourth-order valence-electron chi connectivity index (χ4n) is 2.08. The van der Waals surface area contributed by atoms with Gasteiger partial charge in [0, 0.05) is 18.5 Å². The van der Waals surface area contributed by atoms with Gasteiger partial charge in [-0.05, 0) is 43.1 Å². The standard InChI is InChI=1S/C14H18N2O2S/c17-13(16-8-10-3-4-10)12-2-1-6-15-14(12)18-11-5-7-19-9-11/h1-2,6,10-11H,3-5,7-9H2,(H,16,17)/t11-/m1/s1. The summed E-state index contributed by atoms with van der Waals surface area (Å²) in [6.07, 6.45) is 5.36. The molecule has 1 aromatic heterocycles. The fraction of sp³-hybridized carbons (Fsp3) is 0.571. The number of rotatable bonds is 5. The van der Waals surface area contributed by atoms with E-state index in [2.05, 4.69) is 10.3 Å². The molecule has 4 nitrogen and oxygen atoms in total. The van der Waals surface area contributed by atoms with Crippen LogP contribution in [0, 0.1) is 5.92 Å². The molecule has 0 spiro atoms. The lowest BCUT2D eigenvalue weighted by molar-refractivity contribution is 0.0944. The van der Waals surface area contributed by atoms with Gasteiger partial charge in [-0.15, -0.1) is 0 Å². The van der Waals surface area contributed by atoms with Crippen molar-refractivity contribution in [2.24, 2.45) is 5.92 Å². The van der Waals surface area contributed by atoms with Crippen molar-refractivity contribution in [1.29, 1.82) is 0 Å². The van der Waals surface area contributed by atoms with E-state index in [9.17, 15) is 4.79 Å². The number of nitrogens with one attached hydrogen (secondary N) is 1. The largest absolute Gasteiger partial charge is 0.473 e. The predicted octanol–water partition coefficient (Wildman–Crippen LogP) is 2.11. The Morgan fingerprint density at radius 3 is 3.11 bits per heavy atom. The minimum atomic E-state index is -0.0688. The summed E-state index contributed by atoms with van der Waals surface area (Å²) < 4.78 is 5.86. The Balaban J connectivity index is 1.66. The van der Waals surface area contributed by atoms with Gasteiger partial charge in [-0.1, -0.05) is 0 Å². The van der Waals surface area contributed by atoms with Crippen molar-refractivity contribution in [2.45, 2.75) is 25.4 Å². The predicted molar refractivity (Wildman–Crippen MR) is 75.7 cm³/mol. The van der Waals surface area contributed by atoms with Crippen LogP contribution in [0.4, 0.5) is 0 Å². The lowest BCUT2D eigenvalue weighted by atomic mass is 10.2. The first-order valence-electron chi connectivity index (χ1n) is 6.80. The van der Waals surface area contributed by atoms with Crippen LogP contribution in [0.15, 0.2) is 18.3 Å². The zero-order valence-corrected chi connectivity index (χ0v) is 11.6. The molecule has 0 radical (unpaired) electrons. The molecule has 2 fully saturated rings. The Morgan fingerprint density at radius 1 is 1.47 bits per heavy atom. The van der Waals surface area contributed by atoms with Crippen molar-refractivity contribution in [3.8, 4) is 5.88 Å². The first kappa shape index (κ1) is 12.8. The second kappa shape index (κ2) is 5.82. The van der Waals surface area contributed by atoms with E-state index in [1.54, 1.807) is 18.3 Å². The van der Waals surface area contributed by atoms with Crippen LogP contribution in [0.2, 0.25) is 0 Å². The second-order valence-electron chi connectivity index (χ2n) is 5.11. The zero-order valence-electron chi connectivity index (χ0n) is 10.8. The van der Waals surface area contributed by atoms with E-state index in [1.807, 2.05) is 11.8 Å². The number of carbonyl (C=O) groups excluding carboxylic acids is 1. The van der Waals surface area contributed by atoms with Crippen molar-refractivity contribution in [2.75, 3.05) is 18.1 Å². The van der Waals surface area contributed by atoms with Gasteiger partial charge >= 0.3 is 0 Å². The van der Waals surface area contributed by atoms with Gasteiger partial charge in [-0.25, -0.2) is 4.98 Å². The number of hydrogen-bond acceptors (Lipinski definition) is 4. The topological polar surface area (TPSA) is 51.2 Å². The Labute approximate surface area is 117 Å². The van der Waals surface area contributed by atoms with Crippen LogP contribution >= 0.6 is 11.8 Å². The highest BCUT2D eigenvalue weighted by molar-refractivity contribution is 7.99. The number of ether oxygens (including phenoxy) is 1. The molecule has 2 aliphatic rings. The van der Waals surface area contributed by atoms with Gasteiger partial charge in [0.25, 0.3) is 5.91 Å². The SMILES string of the molecule is O=C(NCC1CC1)c1cccnc1O[C@@H]1CCSC1. The molecule has 1 aliphatic carbocycles. The molecular weight excluding hydrogens is 260 g/mol. The van der Waals surface area contributed by atoms with Crippen molar-refractivity contribution in [3.05, 3.63) is 23.9 Å². The van der Waals surface area contributed by atoms with Crippen molar-refractivity contribution in [3.63, 3.8) is 0 Å². The van der Waals surface area contributed by atoms with Crippen LogP contribution in [0.1, 0.15) is 29.6 Å². The Morgan fingerprint density at radius 2 is 2.37 bits per heavy atom. The lowest BCUT2D eigenvalue weighted by Gasteiger charge is -2.14. The molecule has 1 saturated heterocycles. The number of pyridine rings is 1. The summed E-state index contributed by atoms with van der Waals surface area (Å²) in [6.45, 7) is 0.770. The third-order valence-corrected chi connectivity index (χ3v) is 4.56. The molecule has 1 saturated carbocycles. The van der Waals surface area contributed by atoms with Gasteiger partial charge in [-0.2, -0.15) is 11.8 Å². The van der Waals surface area contributed by atoms with Crippen LogP contribution in [0.25, 0.3) is 0 Å². The van der Waals surface area contributed by atoms with Gasteiger partial charge in [0.05, 0.1) is 0 Å². The monoisotopic (exact) mass is 278 g/mol. The van der Waals surface area contributed by atoms with Crippen LogP contribution in [-0.4, -0.2) is 35.0 Å². The molecule has 0 aromatic carbocycles. The smallest absolute Gasteiger partial charge is 0.256 e. The average molecular weight is 278 g/mol. The number of aromatic nitrogens is 1. The van der Waals surface area contributed by atoms with Crippen molar-refractivity contribution >= 4 is 17.7 Å². The van der Waals surface area contributed by atoms with Crippen LogP contribution in [0.5, 0.6) is 5.88 Å². The van der Waals surface area contributed by atoms with E-state index >= 15 is 0 Å². The van der Waals surface area contributed by atoms with Gasteiger partial charge in [0.2, 0.25) is 5.88 Å². The summed E-state index contributed by atoms with van der Waals surface area (Å²) in [6, 6.07) is 3.56. The van der Waals surface area contributed by atoms with E-state index in [0.717, 1.165) is 24.5 Å². The van der Waals surface area contributed by atoms with Gasteiger partial charge < -0.3 is 10.1 Å². The number of hydrogen-bond donors (Lipinski definition) is 1. The molecule has 1 atom stereocenters. The molecule has 2 heterocycles. The first-order chi connectivity index (χ1) is 9.33. The van der Waals surface area contributed by atoms with Crippen molar-refractivity contribution < 1.29 is 9.53 Å². The highest BCUT2D eigenvalue weighted by Crippen LogP contribution is 2.28. The molecule has 0 bridgehead atoms. The lowest BCUT2D eigenvalue weighted by Crippen LogP contribution is -2.27. The summed E-state index contributed by atoms with van der Waals surface area (Å²) in [7, 11) is 0. The molecule has 1 amide bonds. The summed E-state index contributed by atoms with van der Waals surface area (Å²) >= 11 is 1.88. The van der Waals surface area contributed by atoms with E-state index < -0.39 is 0 Å². The number of nitrogens with zero attached hydrogens (tertiary/aromatic N) is 1. The maximum Gasteiger partial charge on any atom is 0.256 e. The van der Waals surface area contributed by atoms with E-state index in [-0.39, 0.29) is 12.0 Å². The molecule has 5 heteroatoms. The van der Waals surface area contributed by atoms with Crippen LogP contribution in [0.3, 0.4) is 0 Å². The van der Waals surface area contributed by atoms with E-state index in [4.69, 9.17) is 4.74 Å². The molecule has 3 rings (SSSR count). The Kier molecular flexibility index (Phi) is 3.92. The van der Waals surface area contributed by atoms with Gasteiger partial charge in [0.1, 0.15) is 11.7 Å². The second-order valence-corrected chi connectivity index (χ2v) is 6.26. The normalized spacial score (nSPS) is 22.2. The first-order valence-corrected chi connectivity index (χ1v) is 7.96. The summed E-state index contributed by atoms with van der Waals surface area (Å²) in [5.41, 5.74) is 0.556. The highest BCUT2D eigenvalue weighted by atomic mass is 32.2. The highest BCUT2D eigenvalue weighted by Gasteiger charge is 2.24. The fourth-order valence-corrected chi connectivity index (χ4v) is 3.17. The third-order valence-electron chi connectivity index (χ3n) is 3.43. The summed E-state index contributed by atoms with van der Waals surface area (Å²) in [5.74, 6) is 3.20. The number of carbonyl (C=O) groups is 1. The molecule has 1 aromatic rings. The summed E-state index contributed by atoms with van der Waals surface area (Å²) in [4.78, 5) is 16.3. The molecule has 0 unspecified atom stereocenters. The van der Waals surface area contributed by atoms with Crippen molar-refractivity contribution in [1.82, 2.24) is 10.3 Å². The van der Waals surface area contributed by atoms with Gasteiger partial charge in [0.15, 0.2) is 0 Å². The maximum atomic E-state index is 12.1. The molecular formula is C14H18N2O2S. The molecule has 1 aliphatic heterocycles. The maximum absolute atomic E-state index is 12.1. The Hall–Kier alpha value is -1.23. The third kappa shape index (κ3) is 3.41. The number of amides is 1. The van der Waals surface area contributed by atoms with Crippen LogP contribution < -0.4 is 10.1 Å². The van der Waals surface area contributed by atoms with E-state index in [0.29, 0.717) is 17.4 Å². The minimum Gasteiger partial charge on any atom is -0.473 e.